The van der Waals surface area contributed by atoms with Crippen molar-refractivity contribution >= 4 is 30.8 Å². The van der Waals surface area contributed by atoms with Crippen molar-refractivity contribution in [3.05, 3.63) is 12.7 Å². The van der Waals surface area contributed by atoms with Gasteiger partial charge in [0.1, 0.15) is 24.1 Å². The molecule has 0 amide bonds. The molecule has 4 heterocycles. The average Bonchev–Trinajstić information content (AvgIpc) is 3.17. The maximum Gasteiger partial charge on any atom is 1.00 e. The van der Waals surface area contributed by atoms with Crippen LogP contribution in [0.2, 0.25) is 0 Å². The van der Waals surface area contributed by atoms with Gasteiger partial charge in [-0.2, -0.15) is 0 Å². The van der Waals surface area contributed by atoms with Gasteiger partial charge in [-0.3, -0.25) is 13.9 Å². The second-order valence-corrected chi connectivity index (χ2v) is 7.53. The largest absolute Gasteiger partial charge is 1.00 e. The van der Waals surface area contributed by atoms with Crippen molar-refractivity contribution in [3.8, 4) is 0 Å². The SMILES string of the molecule is CCCC(=O)OC1C2OP(=O)([O-])OCC2OC1n1cnc2c(N)ncnc21.[Na+]. The Morgan fingerprint density at radius 1 is 1.46 bits per heavy atom. The van der Waals surface area contributed by atoms with Crippen molar-refractivity contribution < 1.29 is 62.3 Å². The van der Waals surface area contributed by atoms with Crippen molar-refractivity contribution in [1.82, 2.24) is 19.5 Å². The molecule has 0 radical (unpaired) electrons. The number of hydrogen-bond acceptors (Lipinski definition) is 11. The summed E-state index contributed by atoms with van der Waals surface area (Å²) >= 11 is 0. The fourth-order valence-electron chi connectivity index (χ4n) is 3.13. The Hall–Kier alpha value is -1.11. The van der Waals surface area contributed by atoms with Gasteiger partial charge in [-0.1, -0.05) is 6.92 Å². The average molecular weight is 421 g/mol. The van der Waals surface area contributed by atoms with Crippen molar-refractivity contribution in [3.63, 3.8) is 0 Å². The molecule has 5 atom stereocenters. The molecule has 2 fully saturated rings. The first-order valence-corrected chi connectivity index (χ1v) is 9.77. The van der Waals surface area contributed by atoms with E-state index in [1.165, 1.54) is 17.2 Å². The van der Waals surface area contributed by atoms with Crippen LogP contribution in [0.5, 0.6) is 0 Å². The van der Waals surface area contributed by atoms with Gasteiger partial charge in [0.2, 0.25) is 0 Å². The number of phosphoric ester groups is 1. The van der Waals surface area contributed by atoms with E-state index in [0.29, 0.717) is 17.6 Å². The molecule has 28 heavy (non-hydrogen) atoms. The molecule has 14 heteroatoms. The van der Waals surface area contributed by atoms with E-state index in [9.17, 15) is 14.3 Å². The van der Waals surface area contributed by atoms with Crippen LogP contribution in [0.4, 0.5) is 5.82 Å². The number of anilines is 1. The Labute approximate surface area is 181 Å². The smallest absolute Gasteiger partial charge is 0.756 e. The van der Waals surface area contributed by atoms with Gasteiger partial charge in [0.15, 0.2) is 23.8 Å². The van der Waals surface area contributed by atoms with Crippen molar-refractivity contribution in [1.29, 1.82) is 0 Å². The Balaban J connectivity index is 0.00000225. The van der Waals surface area contributed by atoms with E-state index in [1.54, 1.807) is 0 Å². The van der Waals surface area contributed by atoms with Gasteiger partial charge >= 0.3 is 35.5 Å². The molecule has 2 saturated heterocycles. The van der Waals surface area contributed by atoms with E-state index in [0.717, 1.165) is 0 Å². The number of rotatable bonds is 4. The van der Waals surface area contributed by atoms with Gasteiger partial charge in [0.25, 0.3) is 7.82 Å². The summed E-state index contributed by atoms with van der Waals surface area (Å²) in [5.74, 6) is -0.316. The Kier molecular flexibility index (Phi) is 6.42. The Bertz CT molecular complexity index is 927. The van der Waals surface area contributed by atoms with Gasteiger partial charge in [0.05, 0.1) is 12.9 Å². The molecule has 2 aromatic heterocycles. The minimum Gasteiger partial charge on any atom is -0.756 e. The summed E-state index contributed by atoms with van der Waals surface area (Å²) in [6.07, 6.45) is -0.307. The molecule has 2 aliphatic rings. The molecule has 0 saturated carbocycles. The van der Waals surface area contributed by atoms with Crippen LogP contribution < -0.4 is 40.2 Å². The topological polar surface area (TPSA) is 164 Å². The third-order valence-electron chi connectivity index (χ3n) is 4.32. The minimum atomic E-state index is -4.50. The van der Waals surface area contributed by atoms with Crippen molar-refractivity contribution in [2.45, 2.75) is 44.3 Å². The first kappa shape index (κ1) is 21.6. The maximum atomic E-state index is 12.1. The number of carbonyl (C=O) groups excluding carboxylic acids is 1. The molecule has 0 spiro atoms. The van der Waals surface area contributed by atoms with E-state index in [1.807, 2.05) is 6.92 Å². The predicted octanol–water partition coefficient (Wildman–Crippen LogP) is -3.09. The van der Waals surface area contributed by atoms with Gasteiger partial charge in [-0.15, -0.1) is 0 Å². The number of phosphoric acid groups is 1. The van der Waals surface area contributed by atoms with E-state index < -0.39 is 38.3 Å². The molecule has 2 aromatic rings. The maximum absolute atomic E-state index is 12.1. The summed E-state index contributed by atoms with van der Waals surface area (Å²) in [6.45, 7) is 1.58. The number of carbonyl (C=O) groups is 1. The summed E-state index contributed by atoms with van der Waals surface area (Å²) in [6, 6.07) is 0. The van der Waals surface area contributed by atoms with E-state index in [-0.39, 0.29) is 48.4 Å². The predicted molar refractivity (Wildman–Crippen MR) is 86.9 cm³/mol. The van der Waals surface area contributed by atoms with Crippen molar-refractivity contribution in [2.24, 2.45) is 0 Å². The molecule has 0 aliphatic carbocycles. The van der Waals surface area contributed by atoms with Crippen LogP contribution in [0.25, 0.3) is 11.2 Å². The zero-order valence-corrected chi connectivity index (χ0v) is 18.2. The fraction of sp³-hybridized carbons (Fsp3) is 0.571. The van der Waals surface area contributed by atoms with Crippen LogP contribution in [-0.4, -0.2) is 50.4 Å². The molecule has 2 aliphatic heterocycles. The first-order chi connectivity index (χ1) is 12.9. The standard InChI is InChI=1S/C14H18N5O7P.Na/c1-2-3-8(20)25-11-10-7(4-23-27(21,22)26-10)24-14(11)19-6-18-9-12(15)16-5-17-13(9)19;/h5-7,10-11,14H,2-4H2,1H3,(H,21,22)(H2,15,16,17);/q;+1/p-1. The summed E-state index contributed by atoms with van der Waals surface area (Å²) in [4.78, 5) is 36.0. The second-order valence-electron chi connectivity index (χ2n) is 6.17. The van der Waals surface area contributed by atoms with Crippen LogP contribution in [-0.2, 0) is 27.9 Å². The van der Waals surface area contributed by atoms with E-state index >= 15 is 0 Å². The molecule has 5 unspecified atom stereocenters. The van der Waals surface area contributed by atoms with Gasteiger partial charge in [-0.25, -0.2) is 15.0 Å². The van der Waals surface area contributed by atoms with E-state index in [2.05, 4.69) is 15.0 Å². The molecule has 12 nitrogen and oxygen atoms in total. The fourth-order valence-corrected chi connectivity index (χ4v) is 4.08. The molecule has 2 N–H and O–H groups in total. The number of nitrogens with two attached hydrogens (primary N) is 1. The first-order valence-electron chi connectivity index (χ1n) is 8.31. The number of aromatic nitrogens is 4. The quantitative estimate of drug-likeness (QED) is 0.302. The number of fused-ring (bicyclic) bond motifs is 2. The molecule has 0 bridgehead atoms. The number of nitrogens with zero attached hydrogens (tertiary/aromatic N) is 4. The number of esters is 1. The van der Waals surface area contributed by atoms with Crippen LogP contribution in [0, 0.1) is 0 Å². The van der Waals surface area contributed by atoms with Crippen LogP contribution in [0.15, 0.2) is 12.7 Å². The Morgan fingerprint density at radius 3 is 3.00 bits per heavy atom. The van der Waals surface area contributed by atoms with Crippen LogP contribution in [0.1, 0.15) is 26.0 Å². The number of nitrogen functional groups attached to an aromatic ring is 1. The molecule has 0 aromatic carbocycles. The van der Waals surface area contributed by atoms with Gasteiger partial charge < -0.3 is 29.1 Å². The number of imidazole rings is 1. The Morgan fingerprint density at radius 2 is 2.25 bits per heavy atom. The van der Waals surface area contributed by atoms with Crippen molar-refractivity contribution in [2.75, 3.05) is 12.3 Å². The minimum absolute atomic E-state index is 0. The third kappa shape index (κ3) is 3.96. The van der Waals surface area contributed by atoms with E-state index in [4.69, 9.17) is 24.3 Å². The summed E-state index contributed by atoms with van der Waals surface area (Å²) < 4.78 is 34.4. The van der Waals surface area contributed by atoms with Crippen LogP contribution in [0.3, 0.4) is 0 Å². The summed E-state index contributed by atoms with van der Waals surface area (Å²) in [7, 11) is -4.50. The summed E-state index contributed by atoms with van der Waals surface area (Å²) in [5.41, 5.74) is 6.50. The van der Waals surface area contributed by atoms with Gasteiger partial charge in [0, 0.05) is 6.42 Å². The molecular weight excluding hydrogens is 404 g/mol. The van der Waals surface area contributed by atoms with Crippen LogP contribution >= 0.6 is 7.82 Å². The molecular formula is C14H17N5NaO7P. The monoisotopic (exact) mass is 421 g/mol. The number of hydrogen-bond donors (Lipinski definition) is 1. The number of ether oxygens (including phenoxy) is 2. The normalized spacial score (nSPS) is 31.9. The molecule has 4 rings (SSSR count). The third-order valence-corrected chi connectivity index (χ3v) is 5.28. The molecule has 146 valence electrons. The summed E-state index contributed by atoms with van der Waals surface area (Å²) in [5, 5.41) is 0. The van der Waals surface area contributed by atoms with Gasteiger partial charge in [-0.05, 0) is 6.42 Å². The zero-order valence-electron chi connectivity index (χ0n) is 15.3. The second kappa shape index (κ2) is 8.33. The zero-order chi connectivity index (χ0) is 19.2.